The highest BCUT2D eigenvalue weighted by molar-refractivity contribution is 5.97. The zero-order valence-electron chi connectivity index (χ0n) is 14.1. The van der Waals surface area contributed by atoms with Gasteiger partial charge in [0.1, 0.15) is 5.82 Å². The minimum Gasteiger partial charge on any atom is -0.355 e. The van der Waals surface area contributed by atoms with Crippen LogP contribution in [0.1, 0.15) is 68.2 Å². The largest absolute Gasteiger partial charge is 0.355 e. The second-order valence-corrected chi connectivity index (χ2v) is 5.60. The molecule has 1 aliphatic carbocycles. The van der Waals surface area contributed by atoms with Crippen LogP contribution < -0.4 is 5.32 Å². The highest BCUT2D eigenvalue weighted by Crippen LogP contribution is 2.32. The Balaban J connectivity index is 0.000000847. The van der Waals surface area contributed by atoms with Gasteiger partial charge in [-0.3, -0.25) is 4.79 Å². The monoisotopic (exact) mass is 301 g/mol. The lowest BCUT2D eigenvalue weighted by atomic mass is 9.95. The summed E-state index contributed by atoms with van der Waals surface area (Å²) in [5, 5.41) is 2.66. The van der Waals surface area contributed by atoms with Crippen LogP contribution in [0.5, 0.6) is 0 Å². The number of nitrogens with one attached hydrogen (secondary N) is 1. The van der Waals surface area contributed by atoms with Crippen molar-refractivity contribution in [1.29, 1.82) is 0 Å². The number of aryl methyl sites for hydroxylation is 1. The molecule has 0 bridgehead atoms. The predicted octanol–water partition coefficient (Wildman–Crippen LogP) is 4.24. The second-order valence-electron chi connectivity index (χ2n) is 5.60. The van der Waals surface area contributed by atoms with Crippen molar-refractivity contribution < 1.29 is 4.79 Å². The summed E-state index contributed by atoms with van der Waals surface area (Å²) in [6, 6.07) is 6.39. The Bertz CT molecular complexity index is 639. The number of hydrogen-bond acceptors (Lipinski definition) is 2. The second kappa shape index (κ2) is 7.43. The zero-order chi connectivity index (χ0) is 16.1. The van der Waals surface area contributed by atoms with Crippen LogP contribution >= 0.6 is 0 Å². The highest BCUT2D eigenvalue weighted by Gasteiger charge is 2.20. The van der Waals surface area contributed by atoms with Crippen molar-refractivity contribution in [3.8, 4) is 0 Å². The zero-order valence-corrected chi connectivity index (χ0v) is 14.1. The Labute approximate surface area is 132 Å². The van der Waals surface area contributed by atoms with Crippen molar-refractivity contribution in [3.05, 3.63) is 29.6 Å². The normalized spacial score (nSPS) is 15.3. The minimum atomic E-state index is -0.0585. The molecule has 1 heterocycles. The van der Waals surface area contributed by atoms with Crippen molar-refractivity contribution in [1.82, 2.24) is 14.9 Å². The molecule has 120 valence electrons. The van der Waals surface area contributed by atoms with Gasteiger partial charge in [-0.15, -0.1) is 0 Å². The van der Waals surface area contributed by atoms with Gasteiger partial charge in [0, 0.05) is 18.7 Å². The van der Waals surface area contributed by atoms with Gasteiger partial charge in [-0.05, 0) is 38.0 Å². The van der Waals surface area contributed by atoms with Crippen molar-refractivity contribution >= 4 is 16.9 Å². The lowest BCUT2D eigenvalue weighted by Crippen LogP contribution is -2.17. The molecule has 1 N–H and O–H groups in total. The van der Waals surface area contributed by atoms with Gasteiger partial charge in [0.2, 0.25) is 0 Å². The summed E-state index contributed by atoms with van der Waals surface area (Å²) in [4.78, 5) is 16.4. The maximum atomic E-state index is 11.7. The summed E-state index contributed by atoms with van der Waals surface area (Å²) >= 11 is 0. The number of imidazole rings is 1. The first-order valence-corrected chi connectivity index (χ1v) is 8.41. The maximum Gasteiger partial charge on any atom is 0.251 e. The topological polar surface area (TPSA) is 46.9 Å². The molecule has 4 heteroatoms. The van der Waals surface area contributed by atoms with Gasteiger partial charge in [-0.1, -0.05) is 33.1 Å². The molecule has 3 rings (SSSR count). The molecule has 1 aromatic carbocycles. The van der Waals surface area contributed by atoms with Gasteiger partial charge in [-0.25, -0.2) is 4.98 Å². The van der Waals surface area contributed by atoms with Crippen LogP contribution in [0.15, 0.2) is 18.2 Å². The van der Waals surface area contributed by atoms with E-state index in [1.807, 2.05) is 32.0 Å². The molecule has 0 atom stereocenters. The molecule has 2 aromatic rings. The van der Waals surface area contributed by atoms with E-state index >= 15 is 0 Å². The summed E-state index contributed by atoms with van der Waals surface area (Å²) in [6.07, 6.45) is 6.44. The molecule has 1 aromatic heterocycles. The number of aromatic nitrogens is 2. The van der Waals surface area contributed by atoms with Crippen LogP contribution in [0.3, 0.4) is 0 Å². The Morgan fingerprint density at radius 3 is 2.55 bits per heavy atom. The van der Waals surface area contributed by atoms with E-state index in [0.717, 1.165) is 16.9 Å². The highest BCUT2D eigenvalue weighted by atomic mass is 16.1. The molecule has 22 heavy (non-hydrogen) atoms. The van der Waals surface area contributed by atoms with Crippen molar-refractivity contribution in [2.24, 2.45) is 0 Å². The van der Waals surface area contributed by atoms with Gasteiger partial charge in [0.15, 0.2) is 0 Å². The lowest BCUT2D eigenvalue weighted by molar-refractivity contribution is 0.0963. The molecule has 1 aliphatic rings. The van der Waals surface area contributed by atoms with Gasteiger partial charge < -0.3 is 9.88 Å². The van der Waals surface area contributed by atoms with E-state index in [2.05, 4.69) is 21.8 Å². The number of hydrogen-bond donors (Lipinski definition) is 1. The summed E-state index contributed by atoms with van der Waals surface area (Å²) in [7, 11) is 1.65. The Kier molecular flexibility index (Phi) is 5.58. The van der Waals surface area contributed by atoms with Crippen molar-refractivity contribution in [2.45, 2.75) is 58.9 Å². The van der Waals surface area contributed by atoms with E-state index in [4.69, 9.17) is 0 Å². The third-order valence-electron chi connectivity index (χ3n) is 4.29. The van der Waals surface area contributed by atoms with E-state index < -0.39 is 0 Å². The molecule has 0 radical (unpaired) electrons. The number of benzene rings is 1. The summed E-state index contributed by atoms with van der Waals surface area (Å²) in [5.74, 6) is 0.998. The van der Waals surface area contributed by atoms with E-state index in [1.165, 1.54) is 32.1 Å². The SMILES string of the molecule is CC.CNC(=O)c1ccc2c(c1)nc(C)n2C1CCCCC1. The van der Waals surface area contributed by atoms with Crippen LogP contribution in [-0.2, 0) is 0 Å². The molecule has 1 fully saturated rings. The average molecular weight is 301 g/mol. The van der Waals surface area contributed by atoms with Gasteiger partial charge in [0.25, 0.3) is 5.91 Å². The van der Waals surface area contributed by atoms with Gasteiger partial charge in [0.05, 0.1) is 11.0 Å². The standard InChI is InChI=1S/C16H21N3O.C2H6/c1-11-18-14-10-12(16(20)17-2)8-9-15(14)19(11)13-6-4-3-5-7-13;1-2/h8-10,13H,3-7H2,1-2H3,(H,17,20);1-2H3. The minimum absolute atomic E-state index is 0.0585. The molecule has 0 spiro atoms. The average Bonchev–Trinajstić information content (AvgIpc) is 2.91. The van der Waals surface area contributed by atoms with Crippen LogP contribution in [0, 0.1) is 6.92 Å². The first-order chi connectivity index (χ1) is 10.7. The fourth-order valence-corrected chi connectivity index (χ4v) is 3.30. The number of carbonyl (C=O) groups excluding carboxylic acids is 1. The van der Waals surface area contributed by atoms with Crippen LogP contribution in [0.2, 0.25) is 0 Å². The fraction of sp³-hybridized carbons (Fsp3) is 0.556. The van der Waals surface area contributed by atoms with Gasteiger partial charge in [-0.2, -0.15) is 0 Å². The molecule has 0 aliphatic heterocycles. The lowest BCUT2D eigenvalue weighted by Gasteiger charge is -2.25. The Morgan fingerprint density at radius 2 is 1.91 bits per heavy atom. The van der Waals surface area contributed by atoms with Crippen LogP contribution in [-0.4, -0.2) is 22.5 Å². The number of carbonyl (C=O) groups is 1. The van der Waals surface area contributed by atoms with Crippen molar-refractivity contribution in [2.75, 3.05) is 7.05 Å². The third-order valence-corrected chi connectivity index (χ3v) is 4.29. The first kappa shape index (κ1) is 16.5. The van der Waals surface area contributed by atoms with Gasteiger partial charge >= 0.3 is 0 Å². The molecule has 1 saturated carbocycles. The molecular weight excluding hydrogens is 274 g/mol. The summed E-state index contributed by atoms with van der Waals surface area (Å²) < 4.78 is 2.36. The first-order valence-electron chi connectivity index (χ1n) is 8.41. The fourth-order valence-electron chi connectivity index (χ4n) is 3.30. The van der Waals surface area contributed by atoms with E-state index in [0.29, 0.717) is 11.6 Å². The number of amides is 1. The Morgan fingerprint density at radius 1 is 1.23 bits per heavy atom. The van der Waals surface area contributed by atoms with E-state index in [1.54, 1.807) is 7.05 Å². The number of rotatable bonds is 2. The molecule has 0 saturated heterocycles. The molecule has 0 unspecified atom stereocenters. The third kappa shape index (κ3) is 3.16. The molecular formula is C18H27N3O. The maximum absolute atomic E-state index is 11.7. The van der Waals surface area contributed by atoms with Crippen LogP contribution in [0.4, 0.5) is 0 Å². The van der Waals surface area contributed by atoms with Crippen molar-refractivity contribution in [3.63, 3.8) is 0 Å². The molecule has 1 amide bonds. The quantitative estimate of drug-likeness (QED) is 0.902. The van der Waals surface area contributed by atoms with E-state index in [9.17, 15) is 4.79 Å². The molecule has 4 nitrogen and oxygen atoms in total. The summed E-state index contributed by atoms with van der Waals surface area (Å²) in [6.45, 7) is 6.06. The summed E-state index contributed by atoms with van der Waals surface area (Å²) in [5.41, 5.74) is 2.75. The van der Waals surface area contributed by atoms with E-state index in [-0.39, 0.29) is 5.91 Å². The predicted molar refractivity (Wildman–Crippen MR) is 91.3 cm³/mol. The Hall–Kier alpha value is -1.84. The number of fused-ring (bicyclic) bond motifs is 1. The number of nitrogens with zero attached hydrogens (tertiary/aromatic N) is 2. The van der Waals surface area contributed by atoms with Crippen LogP contribution in [0.25, 0.3) is 11.0 Å². The smallest absolute Gasteiger partial charge is 0.251 e.